The number of aryl methyl sites for hydroxylation is 1. The molecule has 0 aliphatic carbocycles. The first kappa shape index (κ1) is 17.1. The minimum atomic E-state index is -1.42. The predicted octanol–water partition coefficient (Wildman–Crippen LogP) is 3.75. The van der Waals surface area contributed by atoms with Gasteiger partial charge in [-0.3, -0.25) is 9.59 Å². The summed E-state index contributed by atoms with van der Waals surface area (Å²) < 4.78 is 0. The van der Waals surface area contributed by atoms with Crippen molar-refractivity contribution in [2.75, 3.05) is 0 Å². The summed E-state index contributed by atoms with van der Waals surface area (Å²) in [4.78, 5) is 28.6. The molecule has 5 heteroatoms. The van der Waals surface area contributed by atoms with E-state index in [-0.39, 0.29) is 12.0 Å². The fraction of sp³-hybridized carbons (Fsp3) is 0.143. The van der Waals surface area contributed by atoms with Crippen LogP contribution >= 0.6 is 0 Å². The second-order valence-corrected chi connectivity index (χ2v) is 6.08. The van der Waals surface area contributed by atoms with Gasteiger partial charge in [0, 0.05) is 28.2 Å². The molecule has 0 spiro atoms. The van der Waals surface area contributed by atoms with Crippen LogP contribution < -0.4 is 0 Å². The molecule has 0 saturated carbocycles. The van der Waals surface area contributed by atoms with Crippen LogP contribution in [0.5, 0.6) is 0 Å². The zero-order valence-electron chi connectivity index (χ0n) is 14.1. The number of H-pyrrole nitrogens is 1. The monoisotopic (exact) mass is 341 g/mol. The molecule has 1 N–H and O–H groups in total. The van der Waals surface area contributed by atoms with Crippen LogP contribution in [-0.2, 0) is 6.42 Å². The van der Waals surface area contributed by atoms with Gasteiger partial charge in [-0.1, -0.05) is 30.3 Å². The zero-order valence-corrected chi connectivity index (χ0v) is 14.1. The molecule has 3 rings (SSSR count). The smallest absolute Gasteiger partial charge is 0.190 e. The molecule has 0 aliphatic rings. The first-order chi connectivity index (χ1) is 12.5. The van der Waals surface area contributed by atoms with Crippen molar-refractivity contribution in [2.24, 2.45) is 5.92 Å². The number of aromatic nitrogens is 1. The Hall–Kier alpha value is -3.70. The Morgan fingerprint density at radius 2 is 1.92 bits per heavy atom. The number of Topliss-reactive ketones (excluding diaryl/α,β-unsaturated/α-hetero) is 2. The van der Waals surface area contributed by atoms with Crippen LogP contribution in [0, 0.1) is 35.5 Å². The molecule has 1 aromatic heterocycles. The molecule has 0 radical (unpaired) electrons. The summed E-state index contributed by atoms with van der Waals surface area (Å²) >= 11 is 0. The minimum Gasteiger partial charge on any atom is -0.360 e. The van der Waals surface area contributed by atoms with Crippen molar-refractivity contribution in [1.29, 1.82) is 10.5 Å². The maximum absolute atomic E-state index is 12.8. The third-order valence-electron chi connectivity index (χ3n) is 4.25. The zero-order chi connectivity index (χ0) is 18.7. The van der Waals surface area contributed by atoms with Crippen LogP contribution in [0.2, 0.25) is 0 Å². The van der Waals surface area contributed by atoms with Crippen LogP contribution in [0.25, 0.3) is 10.9 Å². The number of nitrogens with zero attached hydrogens (tertiary/aromatic N) is 2. The lowest BCUT2D eigenvalue weighted by atomic mass is 9.90. The summed E-state index contributed by atoms with van der Waals surface area (Å²) in [5.74, 6) is -2.51. The van der Waals surface area contributed by atoms with Gasteiger partial charge >= 0.3 is 0 Å². The molecule has 0 bridgehead atoms. The molecule has 3 aromatic rings. The third-order valence-corrected chi connectivity index (χ3v) is 4.25. The number of aromatic amines is 1. The fourth-order valence-corrected chi connectivity index (χ4v) is 2.93. The standard InChI is InChI=1S/C21H15N3O2/c1-13-5-6-16-18(12-24-19(16)9-13)21(26)17(11-23)20(25)15-4-2-3-14(10-15)7-8-22/h2-6,9-10,12,17,24H,7H2,1H3/t17-/m0/s1. The van der Waals surface area contributed by atoms with E-state index in [1.807, 2.05) is 31.2 Å². The van der Waals surface area contributed by atoms with Gasteiger partial charge in [0.25, 0.3) is 0 Å². The molecule has 2 aromatic carbocycles. The minimum absolute atomic E-state index is 0.161. The van der Waals surface area contributed by atoms with Crippen LogP contribution in [0.15, 0.2) is 48.7 Å². The van der Waals surface area contributed by atoms with Crippen LogP contribution in [0.3, 0.4) is 0 Å². The highest BCUT2D eigenvalue weighted by atomic mass is 16.2. The summed E-state index contributed by atoms with van der Waals surface area (Å²) in [5, 5.41) is 18.9. The number of ketones is 2. The summed E-state index contributed by atoms with van der Waals surface area (Å²) in [7, 11) is 0. The molecule has 0 fully saturated rings. The average molecular weight is 341 g/mol. The van der Waals surface area contributed by atoms with Crippen molar-refractivity contribution in [3.8, 4) is 12.1 Å². The number of carbonyl (C=O) groups excluding carboxylic acids is 2. The van der Waals surface area contributed by atoms with E-state index in [0.29, 0.717) is 16.5 Å². The first-order valence-corrected chi connectivity index (χ1v) is 8.07. The maximum atomic E-state index is 12.8. The van der Waals surface area contributed by atoms with E-state index in [1.165, 1.54) is 6.20 Å². The summed E-state index contributed by atoms with van der Waals surface area (Å²) in [6, 6.07) is 15.9. The SMILES string of the molecule is Cc1ccc2c(C(=O)[C@@H](C#N)C(=O)c3cccc(CC#N)c3)c[nH]c2c1. The summed E-state index contributed by atoms with van der Waals surface area (Å²) in [6.45, 7) is 1.94. The average Bonchev–Trinajstić information content (AvgIpc) is 3.05. The Morgan fingerprint density at radius 1 is 1.12 bits per heavy atom. The van der Waals surface area contributed by atoms with E-state index in [1.54, 1.807) is 30.3 Å². The Labute approximate surface area is 150 Å². The van der Waals surface area contributed by atoms with Gasteiger partial charge in [0.05, 0.1) is 18.6 Å². The molecular weight excluding hydrogens is 326 g/mol. The van der Waals surface area contributed by atoms with E-state index in [4.69, 9.17) is 5.26 Å². The molecule has 0 unspecified atom stereocenters. The van der Waals surface area contributed by atoms with Gasteiger partial charge in [-0.25, -0.2) is 0 Å². The van der Waals surface area contributed by atoms with E-state index in [0.717, 1.165) is 11.1 Å². The fourth-order valence-electron chi connectivity index (χ4n) is 2.93. The Balaban J connectivity index is 1.96. The van der Waals surface area contributed by atoms with Crippen molar-refractivity contribution >= 4 is 22.5 Å². The van der Waals surface area contributed by atoms with Crippen LogP contribution in [0.4, 0.5) is 0 Å². The molecule has 0 aliphatic heterocycles. The topological polar surface area (TPSA) is 97.5 Å². The molecular formula is C21H15N3O2. The molecule has 0 saturated heterocycles. The Kier molecular flexibility index (Phi) is 4.64. The summed E-state index contributed by atoms with van der Waals surface area (Å²) in [5.41, 5.74) is 3.08. The molecule has 126 valence electrons. The van der Waals surface area contributed by atoms with Crippen molar-refractivity contribution < 1.29 is 9.59 Å². The lowest BCUT2D eigenvalue weighted by molar-refractivity contribution is 0.0847. The van der Waals surface area contributed by atoms with Crippen LogP contribution in [-0.4, -0.2) is 16.6 Å². The van der Waals surface area contributed by atoms with Crippen LogP contribution in [0.1, 0.15) is 31.8 Å². The van der Waals surface area contributed by atoms with E-state index in [9.17, 15) is 14.9 Å². The van der Waals surface area contributed by atoms with Gasteiger partial charge in [0.2, 0.25) is 0 Å². The van der Waals surface area contributed by atoms with E-state index < -0.39 is 17.5 Å². The lowest BCUT2D eigenvalue weighted by Gasteiger charge is -2.08. The number of fused-ring (bicyclic) bond motifs is 1. The Morgan fingerprint density at radius 3 is 2.65 bits per heavy atom. The lowest BCUT2D eigenvalue weighted by Crippen LogP contribution is -2.23. The van der Waals surface area contributed by atoms with Crippen molar-refractivity contribution in [1.82, 2.24) is 4.98 Å². The highest BCUT2D eigenvalue weighted by molar-refractivity contribution is 6.21. The van der Waals surface area contributed by atoms with Gasteiger partial charge in [0.15, 0.2) is 17.5 Å². The number of nitrogens with one attached hydrogen (secondary N) is 1. The number of nitriles is 2. The molecule has 1 atom stereocenters. The van der Waals surface area contributed by atoms with Gasteiger partial charge in [-0.15, -0.1) is 0 Å². The van der Waals surface area contributed by atoms with Gasteiger partial charge < -0.3 is 4.98 Å². The summed E-state index contributed by atoms with van der Waals surface area (Å²) in [6.07, 6.45) is 1.70. The van der Waals surface area contributed by atoms with Gasteiger partial charge in [-0.05, 0) is 30.2 Å². The second kappa shape index (κ2) is 7.04. The molecule has 26 heavy (non-hydrogen) atoms. The normalized spacial score (nSPS) is 11.5. The van der Waals surface area contributed by atoms with E-state index >= 15 is 0 Å². The van der Waals surface area contributed by atoms with Gasteiger partial charge in [-0.2, -0.15) is 10.5 Å². The maximum Gasteiger partial charge on any atom is 0.190 e. The quantitative estimate of drug-likeness (QED) is 0.564. The number of hydrogen-bond acceptors (Lipinski definition) is 4. The van der Waals surface area contributed by atoms with Crippen molar-refractivity contribution in [3.63, 3.8) is 0 Å². The Bertz CT molecular complexity index is 1100. The second-order valence-electron chi connectivity index (χ2n) is 6.08. The molecule has 5 nitrogen and oxygen atoms in total. The molecule has 1 heterocycles. The number of carbonyl (C=O) groups is 2. The van der Waals surface area contributed by atoms with Crippen molar-refractivity contribution in [2.45, 2.75) is 13.3 Å². The van der Waals surface area contributed by atoms with E-state index in [2.05, 4.69) is 4.98 Å². The van der Waals surface area contributed by atoms with Crippen molar-refractivity contribution in [3.05, 3.63) is 70.9 Å². The highest BCUT2D eigenvalue weighted by Crippen LogP contribution is 2.24. The first-order valence-electron chi connectivity index (χ1n) is 8.07. The number of hydrogen-bond donors (Lipinski definition) is 1. The van der Waals surface area contributed by atoms with Gasteiger partial charge in [0.1, 0.15) is 0 Å². The number of rotatable bonds is 5. The third kappa shape index (κ3) is 3.11. The highest BCUT2D eigenvalue weighted by Gasteiger charge is 2.30. The number of benzene rings is 2. The molecule has 0 amide bonds. The predicted molar refractivity (Wildman–Crippen MR) is 96.6 cm³/mol. The largest absolute Gasteiger partial charge is 0.360 e.